The molecule has 7 nitrogen and oxygen atoms in total. The molecule has 0 saturated heterocycles. The Balaban J connectivity index is 1.10. The molecule has 8 heterocycles. The predicted molar refractivity (Wildman–Crippen MR) is 270 cm³/mol. The van der Waals surface area contributed by atoms with Crippen LogP contribution in [0.4, 0.5) is 0 Å². The summed E-state index contributed by atoms with van der Waals surface area (Å²) in [6, 6.07) is 64.6. The lowest BCUT2D eigenvalue weighted by atomic mass is 10.1. The van der Waals surface area contributed by atoms with Crippen molar-refractivity contribution in [3.8, 4) is 11.4 Å². The second-order valence-electron chi connectivity index (χ2n) is 16.5. The number of hydrogen-bond donors (Lipinski definition) is 0. The molecule has 14 aromatic rings. The molecule has 0 bridgehead atoms. The normalized spacial score (nSPS) is 12.3. The van der Waals surface area contributed by atoms with Crippen LogP contribution in [0.3, 0.4) is 0 Å². The van der Waals surface area contributed by atoms with E-state index in [4.69, 9.17) is 24.4 Å². The molecule has 0 N–H and O–H groups in total. The second kappa shape index (κ2) is 13.9. The molecule has 0 aliphatic carbocycles. The fraction of sp³-hybridized carbons (Fsp3) is 0. The van der Waals surface area contributed by atoms with Gasteiger partial charge >= 0.3 is 0 Å². The quantitative estimate of drug-likeness (QED) is 0.156. The number of thiophene rings is 1. The van der Waals surface area contributed by atoms with Gasteiger partial charge in [-0.05, 0) is 71.0 Å². The average Bonchev–Trinajstić information content (AvgIpc) is 4.14. The monoisotopic (exact) mass is 866 g/mol. The summed E-state index contributed by atoms with van der Waals surface area (Å²) in [7, 11) is -3.44. The summed E-state index contributed by atoms with van der Waals surface area (Å²) in [5, 5.41) is 13.2. The number of pyridine rings is 4. The maximum Gasteiger partial charge on any atom is 0.230 e. The van der Waals surface area contributed by atoms with Gasteiger partial charge in [-0.15, -0.1) is 11.3 Å². The van der Waals surface area contributed by atoms with E-state index in [0.717, 1.165) is 92.5 Å². The van der Waals surface area contributed by atoms with E-state index in [-0.39, 0.29) is 0 Å². The fourth-order valence-electron chi connectivity index (χ4n) is 10.6. The van der Waals surface area contributed by atoms with Crippen LogP contribution in [0.25, 0.3) is 97.4 Å². The van der Waals surface area contributed by atoms with Gasteiger partial charge in [0.2, 0.25) is 8.07 Å². The number of nitrogens with zero attached hydrogens (tertiary/aromatic N) is 6. The average molecular weight is 867 g/mol. The molecule has 6 aromatic carbocycles. The highest BCUT2D eigenvalue weighted by atomic mass is 32.1. The third kappa shape index (κ3) is 4.99. The van der Waals surface area contributed by atoms with Gasteiger partial charge in [-0.25, -0.2) is 9.97 Å². The van der Waals surface area contributed by atoms with Crippen LogP contribution in [0.5, 0.6) is 0 Å². The number of aromatic nitrogens is 6. The van der Waals surface area contributed by atoms with E-state index < -0.39 is 8.07 Å². The smallest absolute Gasteiger partial charge is 0.230 e. The van der Waals surface area contributed by atoms with E-state index in [0.29, 0.717) is 0 Å². The maximum absolute atomic E-state index is 7.42. The number of para-hydroxylation sites is 3. The van der Waals surface area contributed by atoms with Gasteiger partial charge < -0.3 is 4.42 Å². The summed E-state index contributed by atoms with van der Waals surface area (Å²) in [6.07, 6.45) is 7.72. The van der Waals surface area contributed by atoms with E-state index in [1.807, 2.05) is 48.3 Å². The third-order valence-electron chi connectivity index (χ3n) is 13.3. The van der Waals surface area contributed by atoms with Crippen LogP contribution in [-0.4, -0.2) is 37.1 Å². The zero-order valence-electron chi connectivity index (χ0n) is 34.6. The summed E-state index contributed by atoms with van der Waals surface area (Å²) in [6.45, 7) is 0. The number of rotatable bonds is 6. The molecule has 9 heteroatoms. The van der Waals surface area contributed by atoms with E-state index in [9.17, 15) is 0 Å². The molecular formula is C56H34N6OSSi. The van der Waals surface area contributed by atoms with Crippen LogP contribution in [-0.2, 0) is 0 Å². The first-order valence-corrected chi connectivity index (χ1v) is 24.5. The Hall–Kier alpha value is -8.24. The minimum Gasteiger partial charge on any atom is -0.452 e. The maximum atomic E-state index is 7.42. The van der Waals surface area contributed by atoms with Crippen LogP contribution < -0.4 is 21.0 Å². The lowest BCUT2D eigenvalue weighted by Gasteiger charge is -2.32. The lowest BCUT2D eigenvalue weighted by molar-refractivity contribution is 0.667. The molecule has 14 rings (SSSR count). The van der Waals surface area contributed by atoms with Gasteiger partial charge in [0.25, 0.3) is 0 Å². The van der Waals surface area contributed by atoms with Gasteiger partial charge in [-0.2, -0.15) is 0 Å². The predicted octanol–water partition coefficient (Wildman–Crippen LogP) is 11.1. The molecule has 0 unspecified atom stereocenters. The first kappa shape index (κ1) is 36.3. The summed E-state index contributed by atoms with van der Waals surface area (Å²) in [5.74, 6) is 0. The van der Waals surface area contributed by atoms with Gasteiger partial charge in [0.05, 0.1) is 42.4 Å². The molecule has 0 radical (unpaired) electrons. The molecular weight excluding hydrogens is 833 g/mol. The highest BCUT2D eigenvalue weighted by molar-refractivity contribution is 7.31. The van der Waals surface area contributed by atoms with Crippen molar-refractivity contribution in [2.24, 2.45) is 0 Å². The molecule has 0 saturated carbocycles. The highest BCUT2D eigenvalue weighted by Crippen LogP contribution is 2.41. The molecule has 0 atom stereocenters. The van der Waals surface area contributed by atoms with Crippen LogP contribution in [0.2, 0.25) is 0 Å². The second-order valence-corrected chi connectivity index (χ2v) is 21.1. The lowest BCUT2D eigenvalue weighted by Crippen LogP contribution is -2.76. The molecule has 0 amide bonds. The fourth-order valence-corrected chi connectivity index (χ4v) is 17.0. The minimum atomic E-state index is -3.44. The van der Waals surface area contributed by atoms with Gasteiger partial charge in [0.1, 0.15) is 11.3 Å². The van der Waals surface area contributed by atoms with Crippen molar-refractivity contribution in [2.45, 2.75) is 0 Å². The Morgan fingerprint density at radius 2 is 0.846 bits per heavy atom. The van der Waals surface area contributed by atoms with Crippen molar-refractivity contribution in [1.82, 2.24) is 29.1 Å². The van der Waals surface area contributed by atoms with Crippen molar-refractivity contribution in [2.75, 3.05) is 0 Å². The number of furan rings is 1. The molecule has 8 aromatic heterocycles. The van der Waals surface area contributed by atoms with Gasteiger partial charge in [-0.3, -0.25) is 19.1 Å². The Bertz CT molecular complexity index is 3830. The molecule has 0 fully saturated rings. The minimum absolute atomic E-state index is 0.764. The van der Waals surface area contributed by atoms with Crippen LogP contribution >= 0.6 is 11.3 Å². The van der Waals surface area contributed by atoms with E-state index in [2.05, 4.69) is 179 Å². The molecule has 0 aliphatic heterocycles. The van der Waals surface area contributed by atoms with Crippen LogP contribution in [0, 0.1) is 0 Å². The Labute approximate surface area is 376 Å². The first-order chi connectivity index (χ1) is 32.3. The van der Waals surface area contributed by atoms with Gasteiger partial charge in [-0.1, -0.05) is 121 Å². The summed E-state index contributed by atoms with van der Waals surface area (Å²) >= 11 is 1.81. The van der Waals surface area contributed by atoms with Crippen molar-refractivity contribution >= 4 is 126 Å². The standard InChI is InChI=1S/C56H34N6OSSi/c1-3-15-35(16-4-1)65(36-17-5-2-6-18-36,55-50-40(29-33-59-55)39-21-11-27-47(49(39)63-50)61-45-25-9-7-19-37(45)43-23-13-31-57-53(43)61)56-52-42(30-34-60-56)41-22-12-28-48(51(41)64-52)62-46-26-10-8-20-38(46)44-24-14-32-58-54(44)62/h1-34H. The van der Waals surface area contributed by atoms with Gasteiger partial charge in [0, 0.05) is 67.9 Å². The summed E-state index contributed by atoms with van der Waals surface area (Å²) < 4.78 is 14.3. The van der Waals surface area contributed by atoms with Crippen molar-refractivity contribution in [3.63, 3.8) is 0 Å². The number of fused-ring (bicyclic) bond motifs is 12. The topological polar surface area (TPSA) is 74.6 Å². The summed E-state index contributed by atoms with van der Waals surface area (Å²) in [4.78, 5) is 20.9. The zero-order valence-corrected chi connectivity index (χ0v) is 36.4. The van der Waals surface area contributed by atoms with Crippen molar-refractivity contribution in [3.05, 3.63) is 207 Å². The van der Waals surface area contributed by atoms with Crippen LogP contribution in [0.1, 0.15) is 0 Å². The largest absolute Gasteiger partial charge is 0.452 e. The SMILES string of the molecule is c1ccc([Si](c2ccccc2)(c2nccc3c2oc2c(-n4c5ccccc5c5cccnc54)cccc23)c2nccc3c2sc2c(-n4c5ccccc5c5cccnc54)cccc23)cc1. The van der Waals surface area contributed by atoms with E-state index in [1.165, 1.54) is 25.8 Å². The van der Waals surface area contributed by atoms with Crippen LogP contribution in [0.15, 0.2) is 211 Å². The molecule has 0 spiro atoms. The summed E-state index contributed by atoms with van der Waals surface area (Å²) in [5.41, 5.74) is 7.58. The third-order valence-corrected chi connectivity index (χ3v) is 19.2. The molecule has 304 valence electrons. The number of benzene rings is 6. The van der Waals surface area contributed by atoms with Gasteiger partial charge in [0.15, 0.2) is 11.2 Å². The molecule has 65 heavy (non-hydrogen) atoms. The Morgan fingerprint density at radius 3 is 1.51 bits per heavy atom. The zero-order chi connectivity index (χ0) is 42.6. The molecule has 0 aliphatic rings. The number of hydrogen-bond acceptors (Lipinski definition) is 6. The van der Waals surface area contributed by atoms with E-state index >= 15 is 0 Å². The van der Waals surface area contributed by atoms with Crippen molar-refractivity contribution in [1.29, 1.82) is 0 Å². The Kier molecular flexibility index (Phi) is 7.74. The highest BCUT2D eigenvalue weighted by Gasteiger charge is 2.48. The van der Waals surface area contributed by atoms with E-state index in [1.54, 1.807) is 0 Å². The van der Waals surface area contributed by atoms with Crippen molar-refractivity contribution < 1.29 is 4.42 Å². The first-order valence-electron chi connectivity index (χ1n) is 21.7. The Morgan fingerprint density at radius 1 is 0.354 bits per heavy atom.